The first-order chi connectivity index (χ1) is 38.1. The summed E-state index contributed by atoms with van der Waals surface area (Å²) in [5.41, 5.74) is 4.62. The van der Waals surface area contributed by atoms with E-state index < -0.39 is 72.6 Å². The number of methoxy groups -OCH3 is 2. The highest BCUT2D eigenvalue weighted by molar-refractivity contribution is 5.93. The molecule has 3 aromatic carbocycles. The van der Waals surface area contributed by atoms with Crippen molar-refractivity contribution >= 4 is 34.9 Å². The molecule has 7 atom stereocenters. The Morgan fingerprint density at radius 2 is 1.35 bits per heavy atom. The molecule has 4 aliphatic rings. The highest BCUT2D eigenvalue weighted by Crippen LogP contribution is 2.47. The fraction of sp³-hybridized carbons (Fsp3) is 0.483. The Morgan fingerprint density at radius 1 is 0.747 bits per heavy atom. The van der Waals surface area contributed by atoms with Gasteiger partial charge < -0.3 is 58.7 Å². The first-order valence-corrected chi connectivity index (χ1v) is 27.2. The van der Waals surface area contributed by atoms with Crippen molar-refractivity contribution < 1.29 is 56.0 Å². The summed E-state index contributed by atoms with van der Waals surface area (Å²) < 4.78 is 78.2. The minimum Gasteiger partial charge on any atom is -0.491 e. The van der Waals surface area contributed by atoms with E-state index in [9.17, 15) is 19.2 Å². The van der Waals surface area contributed by atoms with E-state index in [1.165, 1.54) is 55.5 Å². The molecule has 3 fully saturated rings. The lowest BCUT2D eigenvalue weighted by molar-refractivity contribution is -0.136. The third kappa shape index (κ3) is 11.6. The number of aromatic amines is 2. The fourth-order valence-electron chi connectivity index (χ4n) is 11.5. The summed E-state index contributed by atoms with van der Waals surface area (Å²) >= 11 is 0. The van der Waals surface area contributed by atoms with Crippen LogP contribution in [-0.4, -0.2) is 129 Å². The monoisotopic (exact) mass is 1090 g/mol. The number of alkyl carbamates (subject to hydrolysis) is 2. The quantitative estimate of drug-likeness (QED) is 0.0632. The summed E-state index contributed by atoms with van der Waals surface area (Å²) in [6.45, 7) is 7.64. The van der Waals surface area contributed by atoms with Gasteiger partial charge in [0.25, 0.3) is 0 Å². The summed E-state index contributed by atoms with van der Waals surface area (Å²) in [5, 5.41) is 5.94. The van der Waals surface area contributed by atoms with Crippen molar-refractivity contribution in [2.45, 2.75) is 128 Å². The van der Waals surface area contributed by atoms with Gasteiger partial charge in [-0.3, -0.25) is 9.59 Å². The molecule has 10 rings (SSSR count). The molecule has 6 aromatic rings. The number of hydrogen-bond acceptors (Lipinski definition) is 11. The molecule has 21 heteroatoms. The lowest BCUT2D eigenvalue weighted by Crippen LogP contribution is -2.51. The van der Waals surface area contributed by atoms with Crippen LogP contribution in [0.2, 0.25) is 0 Å². The predicted octanol–water partition coefficient (Wildman–Crippen LogP) is 10.1. The third-order valence-electron chi connectivity index (χ3n) is 15.6. The van der Waals surface area contributed by atoms with Gasteiger partial charge >= 0.3 is 12.2 Å². The van der Waals surface area contributed by atoms with Crippen molar-refractivity contribution in [1.82, 2.24) is 44.9 Å². The number of aromatic nitrogens is 5. The van der Waals surface area contributed by atoms with E-state index >= 15 is 13.2 Å². The number of carbonyl (C=O) groups is 4. The Bertz CT molecular complexity index is 3190. The van der Waals surface area contributed by atoms with Gasteiger partial charge in [-0.2, -0.15) is 0 Å². The highest BCUT2D eigenvalue weighted by Gasteiger charge is 2.44. The number of halogens is 3. The zero-order valence-corrected chi connectivity index (χ0v) is 45.2. The standard InChI is InChI=1S/C58H68F3N9O9/c1-31(2)51(66-57(73)75-5)55(71)68-29-37(59)25-46(68)53-62-27-42(64-53)34-15-16-44-36(21-34)23-45-50-41(61)22-35(43-28-63-54(65-43)47-26-38(60)30-69(47)56(72)52(32(3)4)67-58(74)76-6)24-48(50)79-49(70(44)45)20-33-11-10-14-40(19-33)78-18-17-77-39-12-8-7-9-13-39/h10-11,14-16,19,21-24,27-28,31-32,37-39,46-47,49,51-52H,7-9,12-13,17-18,20,25-26,29-30H2,1-6H3,(H,62,64)(H,63,65)(H,66,73)(H,67,74). The molecule has 7 unspecified atom stereocenters. The van der Waals surface area contributed by atoms with E-state index in [-0.39, 0.29) is 55.2 Å². The average Bonchev–Trinajstić information content (AvgIpc) is 4.44. The van der Waals surface area contributed by atoms with E-state index in [0.29, 0.717) is 59.7 Å². The fourth-order valence-corrected chi connectivity index (χ4v) is 11.5. The maximum atomic E-state index is 17.1. The molecule has 4 amide bonds. The normalized spacial score (nSPS) is 20.9. The number of carbonyl (C=O) groups excluding carboxylic acids is 4. The highest BCUT2D eigenvalue weighted by atomic mass is 19.1. The summed E-state index contributed by atoms with van der Waals surface area (Å²) in [6.07, 6.45) is 4.62. The molecule has 6 heterocycles. The molecule has 18 nitrogen and oxygen atoms in total. The van der Waals surface area contributed by atoms with Crippen LogP contribution in [0.5, 0.6) is 11.5 Å². The Labute approximate surface area is 456 Å². The van der Waals surface area contributed by atoms with Crippen LogP contribution in [-0.2, 0) is 30.2 Å². The molecule has 0 bridgehead atoms. The molecule has 0 spiro atoms. The molecule has 420 valence electrons. The molecule has 0 radical (unpaired) electrons. The van der Waals surface area contributed by atoms with Crippen LogP contribution in [0.3, 0.4) is 0 Å². The van der Waals surface area contributed by atoms with Crippen LogP contribution in [0.1, 0.15) is 108 Å². The Kier molecular flexibility index (Phi) is 16.2. The van der Waals surface area contributed by atoms with Gasteiger partial charge in [-0.1, -0.05) is 65.2 Å². The van der Waals surface area contributed by atoms with Crippen LogP contribution < -0.4 is 20.1 Å². The van der Waals surface area contributed by atoms with Crippen molar-refractivity contribution in [3.63, 3.8) is 0 Å². The number of nitrogens with zero attached hydrogens (tertiary/aromatic N) is 5. The largest absolute Gasteiger partial charge is 0.491 e. The maximum absolute atomic E-state index is 17.1. The smallest absolute Gasteiger partial charge is 0.407 e. The SMILES string of the molecule is COC(=O)NC(C(=O)N1CC(F)CC1c1ncc(-c2cc(F)c3c(c2)OC(Cc2cccc(OCCOC4CCCCC4)c2)n2c-3cc3cc(-c4cnc(C5CC(F)CN5C(=O)C(NC(=O)OC)C(C)C)[nH]4)ccc32)[nH]1)C(C)C. The van der Waals surface area contributed by atoms with E-state index in [0.717, 1.165) is 34.9 Å². The number of hydrogen-bond donors (Lipinski definition) is 4. The molecule has 3 aliphatic heterocycles. The topological polar surface area (TPSA) is 207 Å². The number of H-pyrrole nitrogens is 2. The van der Waals surface area contributed by atoms with Crippen molar-refractivity contribution in [2.24, 2.45) is 11.8 Å². The molecule has 1 aliphatic carbocycles. The van der Waals surface area contributed by atoms with Crippen molar-refractivity contribution in [3.05, 3.63) is 96.1 Å². The van der Waals surface area contributed by atoms with Crippen molar-refractivity contribution in [1.29, 1.82) is 0 Å². The van der Waals surface area contributed by atoms with Gasteiger partial charge in [0.1, 0.15) is 60.0 Å². The molecule has 4 N–H and O–H groups in total. The summed E-state index contributed by atoms with van der Waals surface area (Å²) in [7, 11) is 2.41. The number of alkyl halides is 2. The molecule has 2 saturated heterocycles. The summed E-state index contributed by atoms with van der Waals surface area (Å²) in [6, 6.07) is 15.2. The number of fused-ring (bicyclic) bond motifs is 5. The third-order valence-corrected chi connectivity index (χ3v) is 15.6. The number of likely N-dealkylation sites (tertiary alicyclic amines) is 2. The van der Waals surface area contributed by atoms with Gasteiger partial charge in [-0.15, -0.1) is 0 Å². The minimum absolute atomic E-state index is 0.0165. The molecular formula is C58H68F3N9O9. The van der Waals surface area contributed by atoms with Crippen LogP contribution >= 0.6 is 0 Å². The van der Waals surface area contributed by atoms with E-state index in [1.54, 1.807) is 40.0 Å². The van der Waals surface area contributed by atoms with Crippen LogP contribution in [0, 0.1) is 17.7 Å². The Hall–Kier alpha value is -7.55. The second-order valence-electron chi connectivity index (χ2n) is 21.7. The van der Waals surface area contributed by atoms with E-state index in [4.69, 9.17) is 23.7 Å². The first kappa shape index (κ1) is 54.8. The van der Waals surface area contributed by atoms with E-state index in [1.807, 2.05) is 53.1 Å². The van der Waals surface area contributed by atoms with Crippen LogP contribution in [0.4, 0.5) is 22.8 Å². The maximum Gasteiger partial charge on any atom is 0.407 e. The predicted molar refractivity (Wildman–Crippen MR) is 287 cm³/mol. The zero-order valence-electron chi connectivity index (χ0n) is 45.2. The number of benzene rings is 3. The van der Waals surface area contributed by atoms with Gasteiger partial charge in [0.05, 0.1) is 92.7 Å². The number of rotatable bonds is 17. The minimum atomic E-state index is -1.35. The van der Waals surface area contributed by atoms with Gasteiger partial charge in [-0.25, -0.2) is 32.7 Å². The number of amides is 4. The molecular weight excluding hydrogens is 1020 g/mol. The lowest BCUT2D eigenvalue weighted by Gasteiger charge is -2.31. The average molecular weight is 1090 g/mol. The van der Waals surface area contributed by atoms with Crippen LogP contribution in [0.15, 0.2) is 73.1 Å². The van der Waals surface area contributed by atoms with Crippen molar-refractivity contribution in [2.75, 3.05) is 40.5 Å². The second-order valence-corrected chi connectivity index (χ2v) is 21.7. The van der Waals surface area contributed by atoms with Gasteiger partial charge in [-0.05, 0) is 72.7 Å². The Morgan fingerprint density at radius 3 is 1.95 bits per heavy atom. The zero-order chi connectivity index (χ0) is 55.6. The lowest BCUT2D eigenvalue weighted by atomic mass is 9.98. The van der Waals surface area contributed by atoms with Gasteiger partial charge in [0.2, 0.25) is 11.8 Å². The van der Waals surface area contributed by atoms with Crippen LogP contribution in [0.25, 0.3) is 44.7 Å². The second kappa shape index (κ2) is 23.4. The van der Waals surface area contributed by atoms with Gasteiger partial charge in [0.15, 0.2) is 6.23 Å². The molecule has 3 aromatic heterocycles. The summed E-state index contributed by atoms with van der Waals surface area (Å²) in [5.74, 6) is -0.489. The molecule has 1 saturated carbocycles. The summed E-state index contributed by atoms with van der Waals surface area (Å²) in [4.78, 5) is 70.7. The molecule has 79 heavy (non-hydrogen) atoms. The van der Waals surface area contributed by atoms with E-state index in [2.05, 4.69) is 30.6 Å². The van der Waals surface area contributed by atoms with Crippen molar-refractivity contribution in [3.8, 4) is 45.3 Å². The number of ether oxygens (including phenoxy) is 5. The van der Waals surface area contributed by atoms with Gasteiger partial charge in [0, 0.05) is 35.8 Å². The number of nitrogens with one attached hydrogen (secondary N) is 4. The number of imidazole rings is 2. The first-order valence-electron chi connectivity index (χ1n) is 27.2. The Balaban J connectivity index is 0.958.